The Morgan fingerprint density at radius 3 is 2.53 bits per heavy atom. The lowest BCUT2D eigenvalue weighted by molar-refractivity contribution is -0.00675. The normalized spacial score (nSPS) is 37.3. The molecule has 2 fully saturated rings. The number of hydrogen-bond donors (Lipinski definition) is 1. The van der Waals surface area contributed by atoms with Crippen molar-refractivity contribution in [3.05, 3.63) is 0 Å². The van der Waals surface area contributed by atoms with E-state index in [1.54, 1.807) is 19.0 Å². The standard InChI is InChI=1S/C11H20N2O2/c1-4-15-11(12-10(14)13(2)3)8-6-5-7-9(8)11/h8-9H,4-7H2,1-3H3,(H,12,14)/t8-,9+,11?. The molecule has 3 atom stereocenters. The van der Waals surface area contributed by atoms with Crippen LogP contribution >= 0.6 is 0 Å². The van der Waals surface area contributed by atoms with Crippen molar-refractivity contribution in [2.75, 3.05) is 20.7 Å². The molecule has 2 amide bonds. The maximum atomic E-state index is 11.6. The first-order valence-electron chi connectivity index (χ1n) is 5.75. The van der Waals surface area contributed by atoms with E-state index in [1.807, 2.05) is 6.92 Å². The summed E-state index contributed by atoms with van der Waals surface area (Å²) in [6, 6.07) is -0.0437. The summed E-state index contributed by atoms with van der Waals surface area (Å²) in [6.45, 7) is 2.65. The summed E-state index contributed by atoms with van der Waals surface area (Å²) < 4.78 is 5.77. The monoisotopic (exact) mass is 212 g/mol. The lowest BCUT2D eigenvalue weighted by atomic mass is 10.2. The number of hydrogen-bond acceptors (Lipinski definition) is 2. The van der Waals surface area contributed by atoms with Crippen molar-refractivity contribution in [3.8, 4) is 0 Å². The first-order chi connectivity index (χ1) is 7.12. The highest BCUT2D eigenvalue weighted by atomic mass is 16.5. The van der Waals surface area contributed by atoms with Crippen LogP contribution in [0.15, 0.2) is 0 Å². The van der Waals surface area contributed by atoms with Crippen molar-refractivity contribution in [1.29, 1.82) is 0 Å². The molecule has 0 bridgehead atoms. The molecule has 0 aromatic heterocycles. The molecular weight excluding hydrogens is 192 g/mol. The summed E-state index contributed by atoms with van der Waals surface area (Å²) in [6.07, 6.45) is 3.67. The second kappa shape index (κ2) is 3.67. The SMILES string of the molecule is CCOC1(NC(=O)N(C)C)[C@@H]2CCC[C@@H]21. The number of ether oxygens (including phenoxy) is 1. The average Bonchev–Trinajstić information content (AvgIpc) is 2.62. The van der Waals surface area contributed by atoms with E-state index >= 15 is 0 Å². The van der Waals surface area contributed by atoms with Gasteiger partial charge in [0.25, 0.3) is 0 Å². The molecule has 4 heteroatoms. The summed E-state index contributed by atoms with van der Waals surface area (Å²) >= 11 is 0. The third kappa shape index (κ3) is 1.61. The van der Waals surface area contributed by atoms with Crippen molar-refractivity contribution in [2.45, 2.75) is 31.9 Å². The zero-order valence-electron chi connectivity index (χ0n) is 9.75. The number of nitrogens with one attached hydrogen (secondary N) is 1. The molecule has 2 aliphatic carbocycles. The molecule has 0 radical (unpaired) electrons. The smallest absolute Gasteiger partial charge is 0.319 e. The predicted molar refractivity (Wildman–Crippen MR) is 57.4 cm³/mol. The minimum Gasteiger partial charge on any atom is -0.355 e. The van der Waals surface area contributed by atoms with Gasteiger partial charge in [-0.1, -0.05) is 6.42 Å². The van der Waals surface area contributed by atoms with Crippen LogP contribution in [-0.4, -0.2) is 37.4 Å². The van der Waals surface area contributed by atoms with Gasteiger partial charge in [0.05, 0.1) is 0 Å². The van der Waals surface area contributed by atoms with E-state index in [9.17, 15) is 4.79 Å². The van der Waals surface area contributed by atoms with Gasteiger partial charge in [0.2, 0.25) is 0 Å². The lowest BCUT2D eigenvalue weighted by Gasteiger charge is -2.24. The summed E-state index contributed by atoms with van der Waals surface area (Å²) in [7, 11) is 3.51. The van der Waals surface area contributed by atoms with Crippen LogP contribution in [-0.2, 0) is 4.74 Å². The highest BCUT2D eigenvalue weighted by molar-refractivity contribution is 5.75. The Hall–Kier alpha value is -0.770. The van der Waals surface area contributed by atoms with Gasteiger partial charge in [0, 0.05) is 32.5 Å². The number of carbonyl (C=O) groups is 1. The maximum absolute atomic E-state index is 11.6. The second-order valence-corrected chi connectivity index (χ2v) is 4.69. The Labute approximate surface area is 91.0 Å². The van der Waals surface area contributed by atoms with E-state index in [1.165, 1.54) is 19.3 Å². The molecule has 15 heavy (non-hydrogen) atoms. The van der Waals surface area contributed by atoms with Gasteiger partial charge in [-0.05, 0) is 19.8 Å². The predicted octanol–water partition coefficient (Wildman–Crippen LogP) is 1.42. The third-order valence-corrected chi connectivity index (χ3v) is 3.60. The summed E-state index contributed by atoms with van der Waals surface area (Å²) in [5.74, 6) is 1.11. The van der Waals surface area contributed by atoms with Gasteiger partial charge in [0.15, 0.2) is 0 Å². The fourth-order valence-electron chi connectivity index (χ4n) is 2.85. The minimum absolute atomic E-state index is 0.0437. The molecule has 2 saturated carbocycles. The Bertz CT molecular complexity index is 255. The zero-order chi connectivity index (χ0) is 11.1. The van der Waals surface area contributed by atoms with Crippen LogP contribution in [0.1, 0.15) is 26.2 Å². The largest absolute Gasteiger partial charge is 0.355 e. The van der Waals surface area contributed by atoms with E-state index in [0.29, 0.717) is 18.4 Å². The molecule has 0 saturated heterocycles. The molecule has 0 spiro atoms. The molecule has 0 heterocycles. The van der Waals surface area contributed by atoms with Crippen LogP contribution in [0.2, 0.25) is 0 Å². The van der Waals surface area contributed by atoms with Crippen LogP contribution in [0.3, 0.4) is 0 Å². The number of amides is 2. The van der Waals surface area contributed by atoms with Gasteiger partial charge in [-0.3, -0.25) is 0 Å². The number of carbonyl (C=O) groups excluding carboxylic acids is 1. The van der Waals surface area contributed by atoms with Crippen LogP contribution in [0.25, 0.3) is 0 Å². The van der Waals surface area contributed by atoms with Crippen molar-refractivity contribution < 1.29 is 9.53 Å². The summed E-state index contributed by atoms with van der Waals surface area (Å²) in [5, 5.41) is 3.03. The molecule has 0 aromatic carbocycles. The third-order valence-electron chi connectivity index (χ3n) is 3.60. The van der Waals surface area contributed by atoms with Crippen LogP contribution in [0.5, 0.6) is 0 Å². The van der Waals surface area contributed by atoms with E-state index in [2.05, 4.69) is 5.32 Å². The Morgan fingerprint density at radius 2 is 2.07 bits per heavy atom. The molecule has 86 valence electrons. The molecular formula is C11H20N2O2. The van der Waals surface area contributed by atoms with Crippen molar-refractivity contribution >= 4 is 6.03 Å². The lowest BCUT2D eigenvalue weighted by Crippen LogP contribution is -2.47. The van der Waals surface area contributed by atoms with Crippen molar-refractivity contribution in [3.63, 3.8) is 0 Å². The van der Waals surface area contributed by atoms with E-state index in [4.69, 9.17) is 4.74 Å². The molecule has 4 nitrogen and oxygen atoms in total. The summed E-state index contributed by atoms with van der Waals surface area (Å²) in [4.78, 5) is 13.2. The van der Waals surface area contributed by atoms with Gasteiger partial charge in [-0.25, -0.2) is 4.79 Å². The quantitative estimate of drug-likeness (QED) is 0.719. The maximum Gasteiger partial charge on any atom is 0.319 e. The van der Waals surface area contributed by atoms with E-state index < -0.39 is 0 Å². The highest BCUT2D eigenvalue weighted by Gasteiger charge is 2.68. The minimum atomic E-state index is -0.325. The Morgan fingerprint density at radius 1 is 1.47 bits per heavy atom. The summed E-state index contributed by atoms with van der Waals surface area (Å²) in [5.41, 5.74) is -0.325. The second-order valence-electron chi connectivity index (χ2n) is 4.69. The molecule has 2 rings (SSSR count). The highest BCUT2D eigenvalue weighted by Crippen LogP contribution is 2.61. The van der Waals surface area contributed by atoms with Gasteiger partial charge >= 0.3 is 6.03 Å². The topological polar surface area (TPSA) is 41.6 Å². The fourth-order valence-corrected chi connectivity index (χ4v) is 2.85. The molecule has 2 aliphatic rings. The van der Waals surface area contributed by atoms with Gasteiger partial charge in [-0.15, -0.1) is 0 Å². The first-order valence-corrected chi connectivity index (χ1v) is 5.75. The van der Waals surface area contributed by atoms with Crippen LogP contribution in [0.4, 0.5) is 4.79 Å². The van der Waals surface area contributed by atoms with Crippen LogP contribution in [0, 0.1) is 11.8 Å². The molecule has 0 aliphatic heterocycles. The number of rotatable bonds is 3. The molecule has 1 N–H and O–H groups in total. The first kappa shape index (κ1) is 10.7. The molecule has 1 unspecified atom stereocenters. The average molecular weight is 212 g/mol. The van der Waals surface area contributed by atoms with Gasteiger partial charge in [0.1, 0.15) is 5.72 Å². The fraction of sp³-hybridized carbons (Fsp3) is 0.909. The number of urea groups is 1. The van der Waals surface area contributed by atoms with Crippen molar-refractivity contribution in [1.82, 2.24) is 10.2 Å². The Kier molecular flexibility index (Phi) is 2.63. The number of fused-ring (bicyclic) bond motifs is 1. The zero-order valence-corrected chi connectivity index (χ0v) is 9.75. The van der Waals surface area contributed by atoms with Gasteiger partial charge < -0.3 is 15.0 Å². The van der Waals surface area contributed by atoms with Crippen molar-refractivity contribution in [2.24, 2.45) is 11.8 Å². The van der Waals surface area contributed by atoms with Crippen LogP contribution < -0.4 is 5.32 Å². The molecule has 0 aromatic rings. The Balaban J connectivity index is 2.00. The van der Waals surface area contributed by atoms with Gasteiger partial charge in [-0.2, -0.15) is 0 Å². The number of nitrogens with zero attached hydrogens (tertiary/aromatic N) is 1. The van der Waals surface area contributed by atoms with E-state index in [-0.39, 0.29) is 11.8 Å². The van der Waals surface area contributed by atoms with E-state index in [0.717, 1.165) is 0 Å².